The zero-order chi connectivity index (χ0) is 21.8. The number of hydrogen-bond donors (Lipinski definition) is 0. The first kappa shape index (κ1) is 21.8. The Labute approximate surface area is 188 Å². The molecule has 2 aromatic rings. The van der Waals surface area contributed by atoms with Gasteiger partial charge in [0, 0.05) is 45.7 Å². The summed E-state index contributed by atoms with van der Waals surface area (Å²) in [6.07, 6.45) is 4.12. The molecule has 0 bridgehead atoms. The molecule has 1 amide bonds. The topological polar surface area (TPSA) is 61.7 Å². The number of anilines is 1. The van der Waals surface area contributed by atoms with Crippen LogP contribution in [-0.2, 0) is 4.79 Å². The highest BCUT2D eigenvalue weighted by molar-refractivity contribution is 6.33. The zero-order valence-corrected chi connectivity index (χ0v) is 18.8. The van der Waals surface area contributed by atoms with E-state index in [4.69, 9.17) is 11.6 Å². The Morgan fingerprint density at radius 3 is 2.39 bits per heavy atom. The molecular weight excluding hydrogens is 414 g/mol. The van der Waals surface area contributed by atoms with Crippen LogP contribution in [0.3, 0.4) is 0 Å². The van der Waals surface area contributed by atoms with Crippen LogP contribution < -0.4 is 10.5 Å². The van der Waals surface area contributed by atoms with E-state index in [0.717, 1.165) is 58.7 Å². The van der Waals surface area contributed by atoms with Gasteiger partial charge in [-0.05, 0) is 37.4 Å². The number of nitrogens with zero attached hydrogens (tertiary/aromatic N) is 5. The molecule has 2 saturated heterocycles. The molecule has 2 aliphatic rings. The summed E-state index contributed by atoms with van der Waals surface area (Å²) >= 11 is 6.45. The van der Waals surface area contributed by atoms with Crippen molar-refractivity contribution in [1.82, 2.24) is 19.6 Å². The predicted molar refractivity (Wildman–Crippen MR) is 123 cm³/mol. The van der Waals surface area contributed by atoms with Gasteiger partial charge in [-0.25, -0.2) is 0 Å². The van der Waals surface area contributed by atoms with Gasteiger partial charge in [-0.15, -0.1) is 0 Å². The van der Waals surface area contributed by atoms with Crippen LogP contribution >= 0.6 is 11.6 Å². The van der Waals surface area contributed by atoms with Crippen LogP contribution in [0, 0.1) is 5.92 Å². The minimum Gasteiger partial charge on any atom is -0.369 e. The monoisotopic (exact) mass is 443 g/mol. The van der Waals surface area contributed by atoms with E-state index in [2.05, 4.69) is 21.8 Å². The molecule has 0 radical (unpaired) electrons. The quantitative estimate of drug-likeness (QED) is 0.711. The van der Waals surface area contributed by atoms with E-state index in [1.807, 2.05) is 35.2 Å². The Balaban J connectivity index is 1.34. The van der Waals surface area contributed by atoms with Gasteiger partial charge in [-0.1, -0.05) is 36.7 Å². The molecular formula is C23H30ClN5O2. The predicted octanol–water partition coefficient (Wildman–Crippen LogP) is 2.66. The summed E-state index contributed by atoms with van der Waals surface area (Å²) in [6, 6.07) is 9.27. The average molecular weight is 444 g/mol. The van der Waals surface area contributed by atoms with Gasteiger partial charge in [0.25, 0.3) is 5.56 Å². The highest BCUT2D eigenvalue weighted by Crippen LogP contribution is 2.29. The average Bonchev–Trinajstić information content (AvgIpc) is 2.82. The molecule has 3 heterocycles. The van der Waals surface area contributed by atoms with Crippen molar-refractivity contribution in [2.75, 3.05) is 50.7 Å². The molecule has 1 aromatic carbocycles. The molecule has 4 rings (SSSR count). The zero-order valence-electron chi connectivity index (χ0n) is 18.0. The van der Waals surface area contributed by atoms with Crippen molar-refractivity contribution in [3.05, 3.63) is 51.9 Å². The van der Waals surface area contributed by atoms with Gasteiger partial charge in [0.2, 0.25) is 5.91 Å². The van der Waals surface area contributed by atoms with Crippen molar-refractivity contribution in [1.29, 1.82) is 0 Å². The molecule has 31 heavy (non-hydrogen) atoms. The highest BCUT2D eigenvalue weighted by Gasteiger charge is 2.27. The van der Waals surface area contributed by atoms with E-state index in [1.165, 1.54) is 4.68 Å². The second kappa shape index (κ2) is 9.83. The third kappa shape index (κ3) is 4.93. The Hall–Kier alpha value is -2.38. The van der Waals surface area contributed by atoms with Gasteiger partial charge in [0.1, 0.15) is 5.02 Å². The van der Waals surface area contributed by atoms with E-state index < -0.39 is 0 Å². The minimum atomic E-state index is -0.311. The number of rotatable bonds is 5. The van der Waals surface area contributed by atoms with E-state index in [1.54, 1.807) is 6.20 Å². The van der Waals surface area contributed by atoms with Gasteiger partial charge in [-0.2, -0.15) is 9.78 Å². The standard InChI is InChI=1S/C23H30ClN5O2/c1-2-26-12-14-28(15-13-26)21(30)16-18-8-10-27(11-9-18)20-17-25-29(23(31)22(20)24)19-6-4-3-5-7-19/h3-7,17-18H,2,8-16H2,1H3. The summed E-state index contributed by atoms with van der Waals surface area (Å²) in [5.41, 5.74) is 1.06. The van der Waals surface area contributed by atoms with Crippen LogP contribution in [0.2, 0.25) is 5.02 Å². The normalized spacial score (nSPS) is 18.4. The third-order valence-electron chi connectivity index (χ3n) is 6.49. The van der Waals surface area contributed by atoms with Crippen molar-refractivity contribution in [3.8, 4) is 5.69 Å². The van der Waals surface area contributed by atoms with Crippen molar-refractivity contribution in [2.24, 2.45) is 5.92 Å². The lowest BCUT2D eigenvalue weighted by Gasteiger charge is -2.37. The molecule has 0 atom stereocenters. The summed E-state index contributed by atoms with van der Waals surface area (Å²) in [7, 11) is 0. The molecule has 0 unspecified atom stereocenters. The molecule has 166 valence electrons. The van der Waals surface area contributed by atoms with Crippen LogP contribution in [0.5, 0.6) is 0 Å². The lowest BCUT2D eigenvalue weighted by molar-refractivity contribution is -0.134. The number of hydrogen-bond acceptors (Lipinski definition) is 5. The van der Waals surface area contributed by atoms with Crippen LogP contribution in [0.25, 0.3) is 5.69 Å². The number of amides is 1. The molecule has 0 spiro atoms. The number of carbonyl (C=O) groups excluding carboxylic acids is 1. The molecule has 8 heteroatoms. The smallest absolute Gasteiger partial charge is 0.292 e. The highest BCUT2D eigenvalue weighted by atomic mass is 35.5. The SMILES string of the molecule is CCN1CCN(C(=O)CC2CCN(c3cnn(-c4ccccc4)c(=O)c3Cl)CC2)CC1. The van der Waals surface area contributed by atoms with E-state index in [9.17, 15) is 9.59 Å². The van der Waals surface area contributed by atoms with E-state index in [-0.39, 0.29) is 16.5 Å². The van der Waals surface area contributed by atoms with Gasteiger partial charge in [0.05, 0.1) is 17.6 Å². The number of halogens is 1. The number of carbonyl (C=O) groups is 1. The number of benzene rings is 1. The third-order valence-corrected chi connectivity index (χ3v) is 6.85. The van der Waals surface area contributed by atoms with Crippen molar-refractivity contribution < 1.29 is 4.79 Å². The van der Waals surface area contributed by atoms with Gasteiger partial charge < -0.3 is 14.7 Å². The summed E-state index contributed by atoms with van der Waals surface area (Å²) in [5, 5.41) is 4.54. The lowest BCUT2D eigenvalue weighted by Crippen LogP contribution is -2.49. The maximum atomic E-state index is 12.8. The molecule has 0 saturated carbocycles. The van der Waals surface area contributed by atoms with Gasteiger partial charge in [-0.3, -0.25) is 9.59 Å². The fourth-order valence-electron chi connectivity index (χ4n) is 4.47. The van der Waals surface area contributed by atoms with E-state index in [0.29, 0.717) is 23.7 Å². The maximum absolute atomic E-state index is 12.8. The molecule has 2 aliphatic heterocycles. The van der Waals surface area contributed by atoms with Crippen LogP contribution in [0.1, 0.15) is 26.2 Å². The van der Waals surface area contributed by atoms with Crippen LogP contribution in [-0.4, -0.2) is 71.3 Å². The van der Waals surface area contributed by atoms with Gasteiger partial charge in [0.15, 0.2) is 0 Å². The molecule has 0 N–H and O–H groups in total. The second-order valence-corrected chi connectivity index (χ2v) is 8.72. The summed E-state index contributed by atoms with van der Waals surface area (Å²) in [6.45, 7) is 8.39. The number of piperidine rings is 1. The Morgan fingerprint density at radius 1 is 1.06 bits per heavy atom. The first-order chi connectivity index (χ1) is 15.1. The Morgan fingerprint density at radius 2 is 1.74 bits per heavy atom. The first-order valence-electron chi connectivity index (χ1n) is 11.1. The van der Waals surface area contributed by atoms with Crippen LogP contribution in [0.4, 0.5) is 5.69 Å². The summed E-state index contributed by atoms with van der Waals surface area (Å²) in [5.74, 6) is 0.656. The number of likely N-dealkylation sites (N-methyl/N-ethyl adjacent to an activating group) is 1. The first-order valence-corrected chi connectivity index (χ1v) is 11.5. The molecule has 0 aliphatic carbocycles. The van der Waals surface area contributed by atoms with Crippen molar-refractivity contribution >= 4 is 23.2 Å². The number of aromatic nitrogens is 2. The van der Waals surface area contributed by atoms with Crippen LogP contribution in [0.15, 0.2) is 41.3 Å². The van der Waals surface area contributed by atoms with Gasteiger partial charge >= 0.3 is 0 Å². The maximum Gasteiger partial charge on any atom is 0.292 e. The van der Waals surface area contributed by atoms with Crippen molar-refractivity contribution in [3.63, 3.8) is 0 Å². The fourth-order valence-corrected chi connectivity index (χ4v) is 4.71. The Kier molecular flexibility index (Phi) is 6.92. The minimum absolute atomic E-state index is 0.196. The van der Waals surface area contributed by atoms with Crippen molar-refractivity contribution in [2.45, 2.75) is 26.2 Å². The summed E-state index contributed by atoms with van der Waals surface area (Å²) in [4.78, 5) is 32.0. The Bertz CT molecular complexity index is 948. The number of para-hydroxylation sites is 1. The largest absolute Gasteiger partial charge is 0.369 e. The fraction of sp³-hybridized carbons (Fsp3) is 0.522. The lowest BCUT2D eigenvalue weighted by atomic mass is 9.92. The van der Waals surface area contributed by atoms with E-state index >= 15 is 0 Å². The molecule has 7 nitrogen and oxygen atoms in total. The number of piperazine rings is 1. The summed E-state index contributed by atoms with van der Waals surface area (Å²) < 4.78 is 1.33. The molecule has 2 fully saturated rings. The second-order valence-electron chi connectivity index (χ2n) is 8.35. The molecule has 1 aromatic heterocycles.